The molecule has 3 nitrogen and oxygen atoms in total. The SMILES string of the molecule is CCc1cnc(CC)c(OCC(C)CC(C)C)n1. The van der Waals surface area contributed by atoms with Crippen LogP contribution in [0.1, 0.15) is 52.4 Å². The zero-order valence-corrected chi connectivity index (χ0v) is 12.4. The fourth-order valence-corrected chi connectivity index (χ4v) is 2.05. The van der Waals surface area contributed by atoms with Crippen LogP contribution in [0.3, 0.4) is 0 Å². The Morgan fingerprint density at radius 3 is 2.44 bits per heavy atom. The van der Waals surface area contributed by atoms with Gasteiger partial charge in [-0.05, 0) is 31.1 Å². The third kappa shape index (κ3) is 4.63. The number of nitrogens with zero attached hydrogens (tertiary/aromatic N) is 2. The lowest BCUT2D eigenvalue weighted by atomic mass is 10.00. The minimum absolute atomic E-state index is 0.557. The molecule has 102 valence electrons. The molecule has 1 unspecified atom stereocenters. The summed E-state index contributed by atoms with van der Waals surface area (Å²) in [6, 6.07) is 0. The number of aromatic nitrogens is 2. The van der Waals surface area contributed by atoms with E-state index < -0.39 is 0 Å². The van der Waals surface area contributed by atoms with Crippen LogP contribution in [0.25, 0.3) is 0 Å². The molecule has 0 radical (unpaired) electrons. The zero-order chi connectivity index (χ0) is 13.5. The van der Waals surface area contributed by atoms with Gasteiger partial charge < -0.3 is 4.74 Å². The molecule has 0 saturated carbocycles. The van der Waals surface area contributed by atoms with Gasteiger partial charge in [-0.25, -0.2) is 4.98 Å². The molecule has 0 saturated heterocycles. The van der Waals surface area contributed by atoms with E-state index in [0.29, 0.717) is 11.8 Å². The Hall–Kier alpha value is -1.12. The van der Waals surface area contributed by atoms with Gasteiger partial charge in [0.05, 0.1) is 12.3 Å². The molecule has 1 atom stereocenters. The topological polar surface area (TPSA) is 35.0 Å². The molecule has 0 aromatic carbocycles. The van der Waals surface area contributed by atoms with Gasteiger partial charge in [-0.15, -0.1) is 0 Å². The van der Waals surface area contributed by atoms with E-state index in [1.165, 1.54) is 6.42 Å². The van der Waals surface area contributed by atoms with Gasteiger partial charge in [0.25, 0.3) is 0 Å². The smallest absolute Gasteiger partial charge is 0.235 e. The van der Waals surface area contributed by atoms with Crippen LogP contribution in [0.15, 0.2) is 6.20 Å². The molecular formula is C15H26N2O. The van der Waals surface area contributed by atoms with Gasteiger partial charge in [-0.1, -0.05) is 34.6 Å². The maximum Gasteiger partial charge on any atom is 0.235 e. The molecule has 0 spiro atoms. The van der Waals surface area contributed by atoms with Crippen LogP contribution in [-0.4, -0.2) is 16.6 Å². The Kier molecular flexibility index (Phi) is 6.10. The second-order valence-electron chi connectivity index (χ2n) is 5.37. The van der Waals surface area contributed by atoms with Crippen molar-refractivity contribution in [3.8, 4) is 5.88 Å². The molecule has 0 fully saturated rings. The summed E-state index contributed by atoms with van der Waals surface area (Å²) in [4.78, 5) is 8.95. The van der Waals surface area contributed by atoms with Gasteiger partial charge in [0.15, 0.2) is 0 Å². The van der Waals surface area contributed by atoms with Gasteiger partial charge in [-0.2, -0.15) is 0 Å². The summed E-state index contributed by atoms with van der Waals surface area (Å²) in [6.07, 6.45) is 4.80. The summed E-state index contributed by atoms with van der Waals surface area (Å²) in [5.41, 5.74) is 1.96. The van der Waals surface area contributed by atoms with Crippen molar-refractivity contribution in [2.75, 3.05) is 6.61 Å². The first-order valence-electron chi connectivity index (χ1n) is 7.04. The molecule has 1 aromatic rings. The maximum absolute atomic E-state index is 5.86. The maximum atomic E-state index is 5.86. The number of ether oxygens (including phenoxy) is 1. The Labute approximate surface area is 111 Å². The third-order valence-corrected chi connectivity index (χ3v) is 2.94. The Morgan fingerprint density at radius 1 is 1.17 bits per heavy atom. The summed E-state index contributed by atoms with van der Waals surface area (Å²) < 4.78 is 5.86. The fraction of sp³-hybridized carbons (Fsp3) is 0.733. The minimum Gasteiger partial charge on any atom is -0.476 e. The van der Waals surface area contributed by atoms with E-state index in [4.69, 9.17) is 4.74 Å². The minimum atomic E-state index is 0.557. The normalized spacial score (nSPS) is 12.8. The molecule has 1 heterocycles. The lowest BCUT2D eigenvalue weighted by Crippen LogP contribution is -2.13. The first kappa shape index (κ1) is 14.9. The highest BCUT2D eigenvalue weighted by Gasteiger charge is 2.10. The van der Waals surface area contributed by atoms with E-state index in [2.05, 4.69) is 44.6 Å². The van der Waals surface area contributed by atoms with Crippen molar-refractivity contribution < 1.29 is 4.74 Å². The molecule has 0 aliphatic heterocycles. The Balaban J connectivity index is 2.64. The van der Waals surface area contributed by atoms with E-state index in [1.807, 2.05) is 6.20 Å². The predicted molar refractivity (Wildman–Crippen MR) is 74.9 cm³/mol. The van der Waals surface area contributed by atoms with Crippen LogP contribution in [0, 0.1) is 11.8 Å². The van der Waals surface area contributed by atoms with Crippen molar-refractivity contribution in [1.82, 2.24) is 9.97 Å². The second-order valence-corrected chi connectivity index (χ2v) is 5.37. The summed E-state index contributed by atoms with van der Waals surface area (Å²) in [5, 5.41) is 0. The van der Waals surface area contributed by atoms with Crippen LogP contribution in [0.4, 0.5) is 0 Å². The number of hydrogen-bond acceptors (Lipinski definition) is 3. The van der Waals surface area contributed by atoms with Crippen molar-refractivity contribution in [1.29, 1.82) is 0 Å². The van der Waals surface area contributed by atoms with Crippen molar-refractivity contribution in [3.63, 3.8) is 0 Å². The Morgan fingerprint density at radius 2 is 1.89 bits per heavy atom. The average Bonchev–Trinajstić information content (AvgIpc) is 2.35. The van der Waals surface area contributed by atoms with E-state index in [-0.39, 0.29) is 0 Å². The summed E-state index contributed by atoms with van der Waals surface area (Å²) in [6.45, 7) is 11.6. The van der Waals surface area contributed by atoms with Gasteiger partial charge in [0.2, 0.25) is 5.88 Å². The van der Waals surface area contributed by atoms with Crippen LogP contribution < -0.4 is 4.74 Å². The average molecular weight is 250 g/mol. The molecule has 1 rings (SSSR count). The van der Waals surface area contributed by atoms with Crippen molar-refractivity contribution in [3.05, 3.63) is 17.6 Å². The van der Waals surface area contributed by atoms with Crippen LogP contribution in [0.5, 0.6) is 5.88 Å². The molecule has 0 amide bonds. The van der Waals surface area contributed by atoms with Crippen molar-refractivity contribution >= 4 is 0 Å². The molecule has 0 N–H and O–H groups in total. The quantitative estimate of drug-likeness (QED) is 0.740. The molecule has 0 aliphatic rings. The highest BCUT2D eigenvalue weighted by molar-refractivity contribution is 5.20. The third-order valence-electron chi connectivity index (χ3n) is 2.94. The highest BCUT2D eigenvalue weighted by atomic mass is 16.5. The van der Waals surface area contributed by atoms with E-state index in [1.54, 1.807) is 0 Å². The van der Waals surface area contributed by atoms with Crippen LogP contribution in [-0.2, 0) is 12.8 Å². The first-order chi connectivity index (χ1) is 8.56. The largest absolute Gasteiger partial charge is 0.476 e. The molecule has 0 aliphatic carbocycles. The van der Waals surface area contributed by atoms with Crippen molar-refractivity contribution in [2.45, 2.75) is 53.9 Å². The van der Waals surface area contributed by atoms with E-state index in [0.717, 1.165) is 36.7 Å². The monoisotopic (exact) mass is 250 g/mol. The predicted octanol–water partition coefficient (Wildman–Crippen LogP) is 3.66. The molecule has 18 heavy (non-hydrogen) atoms. The lowest BCUT2D eigenvalue weighted by Gasteiger charge is -2.16. The lowest BCUT2D eigenvalue weighted by molar-refractivity contribution is 0.228. The Bertz CT molecular complexity index is 364. The van der Waals surface area contributed by atoms with Gasteiger partial charge in [0, 0.05) is 6.20 Å². The van der Waals surface area contributed by atoms with Crippen LogP contribution >= 0.6 is 0 Å². The van der Waals surface area contributed by atoms with Crippen LogP contribution in [0.2, 0.25) is 0 Å². The second kappa shape index (κ2) is 7.34. The molecule has 0 bridgehead atoms. The van der Waals surface area contributed by atoms with Gasteiger partial charge in [-0.3, -0.25) is 4.98 Å². The summed E-state index contributed by atoms with van der Waals surface area (Å²) in [7, 11) is 0. The first-order valence-corrected chi connectivity index (χ1v) is 7.04. The fourth-order valence-electron chi connectivity index (χ4n) is 2.05. The molecular weight excluding hydrogens is 224 g/mol. The van der Waals surface area contributed by atoms with Gasteiger partial charge in [0.1, 0.15) is 5.69 Å². The summed E-state index contributed by atoms with van der Waals surface area (Å²) in [5.74, 6) is 2.00. The number of rotatable bonds is 7. The molecule has 1 aromatic heterocycles. The van der Waals surface area contributed by atoms with E-state index in [9.17, 15) is 0 Å². The van der Waals surface area contributed by atoms with E-state index >= 15 is 0 Å². The summed E-state index contributed by atoms with van der Waals surface area (Å²) >= 11 is 0. The highest BCUT2D eigenvalue weighted by Crippen LogP contribution is 2.17. The number of aryl methyl sites for hydroxylation is 2. The molecule has 3 heteroatoms. The zero-order valence-electron chi connectivity index (χ0n) is 12.4. The number of hydrogen-bond donors (Lipinski definition) is 0. The van der Waals surface area contributed by atoms with Gasteiger partial charge >= 0.3 is 0 Å². The standard InChI is InChI=1S/C15H26N2O/c1-6-13-9-16-14(7-2)15(17-13)18-10-12(5)8-11(3)4/h9,11-12H,6-8,10H2,1-5H3. The van der Waals surface area contributed by atoms with Crippen molar-refractivity contribution in [2.24, 2.45) is 11.8 Å².